The van der Waals surface area contributed by atoms with Gasteiger partial charge in [-0.2, -0.15) is 5.10 Å². The van der Waals surface area contributed by atoms with Crippen molar-refractivity contribution in [1.29, 1.82) is 0 Å². The largest absolute Gasteiger partial charge is 0.357 e. The molecule has 0 aliphatic carbocycles. The molecule has 2 rings (SSSR count). The van der Waals surface area contributed by atoms with Crippen LogP contribution in [0.15, 0.2) is 35.6 Å². The third-order valence-electron chi connectivity index (χ3n) is 3.75. The van der Waals surface area contributed by atoms with Crippen molar-refractivity contribution < 1.29 is 4.39 Å². The molecule has 1 aromatic heterocycles. The van der Waals surface area contributed by atoms with Crippen molar-refractivity contribution in [2.24, 2.45) is 4.99 Å². The number of nitrogens with zero attached hydrogens (tertiary/aromatic N) is 3. The van der Waals surface area contributed by atoms with Crippen molar-refractivity contribution in [3.8, 4) is 0 Å². The Balaban J connectivity index is 1.98. The highest BCUT2D eigenvalue weighted by Gasteiger charge is 2.09. The van der Waals surface area contributed by atoms with Crippen LogP contribution >= 0.6 is 0 Å². The third-order valence-corrected chi connectivity index (χ3v) is 3.75. The summed E-state index contributed by atoms with van der Waals surface area (Å²) in [5.41, 5.74) is 2.69. The zero-order valence-corrected chi connectivity index (χ0v) is 14.8. The number of hydrogen-bond donors (Lipinski definition) is 2. The molecule has 1 atom stereocenters. The van der Waals surface area contributed by atoms with Crippen molar-refractivity contribution in [3.05, 3.63) is 53.1 Å². The molecule has 0 aliphatic heterocycles. The monoisotopic (exact) mass is 331 g/mol. The molecular formula is C18H26FN5. The quantitative estimate of drug-likeness (QED) is 0.632. The first-order valence-electron chi connectivity index (χ1n) is 8.29. The minimum absolute atomic E-state index is 0.0372. The number of nitrogens with one attached hydrogen (secondary N) is 2. The van der Waals surface area contributed by atoms with E-state index in [1.54, 1.807) is 19.1 Å². The van der Waals surface area contributed by atoms with Gasteiger partial charge < -0.3 is 10.6 Å². The van der Waals surface area contributed by atoms with Crippen molar-refractivity contribution in [3.63, 3.8) is 0 Å². The molecule has 2 N–H and O–H groups in total. The Morgan fingerprint density at radius 2 is 2.17 bits per heavy atom. The van der Waals surface area contributed by atoms with Crippen LogP contribution in [0.4, 0.5) is 4.39 Å². The summed E-state index contributed by atoms with van der Waals surface area (Å²) in [5.74, 6) is 0.534. The molecule has 2 aromatic rings. The van der Waals surface area contributed by atoms with Gasteiger partial charge in [-0.15, -0.1) is 0 Å². The van der Waals surface area contributed by atoms with E-state index in [-0.39, 0.29) is 11.9 Å². The average molecular weight is 331 g/mol. The normalized spacial score (nSPS) is 13.0. The van der Waals surface area contributed by atoms with Crippen LogP contribution in [-0.4, -0.2) is 28.8 Å². The van der Waals surface area contributed by atoms with E-state index >= 15 is 0 Å². The van der Waals surface area contributed by atoms with E-state index in [2.05, 4.69) is 20.7 Å². The second kappa shape index (κ2) is 8.47. The highest BCUT2D eigenvalue weighted by molar-refractivity contribution is 5.80. The fraction of sp³-hybridized carbons (Fsp3) is 0.444. The highest BCUT2D eigenvalue weighted by atomic mass is 19.1. The van der Waals surface area contributed by atoms with E-state index in [4.69, 9.17) is 0 Å². The average Bonchev–Trinajstić information content (AvgIpc) is 2.95. The first kappa shape index (κ1) is 18.0. The van der Waals surface area contributed by atoms with Crippen LogP contribution in [0, 0.1) is 19.7 Å². The molecule has 1 aromatic carbocycles. The maximum absolute atomic E-state index is 13.7. The number of halogens is 1. The van der Waals surface area contributed by atoms with Crippen LogP contribution in [-0.2, 0) is 6.54 Å². The summed E-state index contributed by atoms with van der Waals surface area (Å²) in [6.45, 7) is 9.89. The Kier molecular flexibility index (Phi) is 6.35. The summed E-state index contributed by atoms with van der Waals surface area (Å²) >= 11 is 0. The number of benzene rings is 1. The molecule has 0 saturated heterocycles. The van der Waals surface area contributed by atoms with Crippen LogP contribution in [0.25, 0.3) is 0 Å². The van der Waals surface area contributed by atoms with Gasteiger partial charge in [0.1, 0.15) is 5.82 Å². The zero-order chi connectivity index (χ0) is 17.5. The van der Waals surface area contributed by atoms with Crippen molar-refractivity contribution in [2.75, 3.05) is 13.1 Å². The number of aliphatic imine (C=N–C) groups is 1. The lowest BCUT2D eigenvalue weighted by molar-refractivity contribution is 0.604. The molecule has 0 amide bonds. The number of aryl methyl sites for hydroxylation is 2. The molecule has 5 nitrogen and oxygen atoms in total. The van der Waals surface area contributed by atoms with Gasteiger partial charge in [-0.05, 0) is 50.5 Å². The molecule has 0 fully saturated rings. The van der Waals surface area contributed by atoms with E-state index in [9.17, 15) is 4.39 Å². The van der Waals surface area contributed by atoms with Crippen LogP contribution < -0.4 is 10.6 Å². The van der Waals surface area contributed by atoms with Gasteiger partial charge >= 0.3 is 0 Å². The SMILES string of the molecule is CCNC(=NCCn1cc(C)cn1)NC(C)c1ccc(C)c(F)c1. The molecule has 1 heterocycles. The Hall–Kier alpha value is -2.37. The van der Waals surface area contributed by atoms with E-state index in [0.717, 1.165) is 30.2 Å². The van der Waals surface area contributed by atoms with E-state index < -0.39 is 0 Å². The number of aromatic nitrogens is 2. The standard InChI is InChI=1S/C18H26FN5/c1-5-20-18(21-8-9-24-12-13(2)11-22-24)23-15(4)16-7-6-14(3)17(19)10-16/h6-7,10-12,15H,5,8-9H2,1-4H3,(H2,20,21,23). The zero-order valence-electron chi connectivity index (χ0n) is 14.8. The summed E-state index contributed by atoms with van der Waals surface area (Å²) in [6.07, 6.45) is 3.83. The Morgan fingerprint density at radius 1 is 1.38 bits per heavy atom. The van der Waals surface area contributed by atoms with E-state index in [0.29, 0.717) is 12.1 Å². The predicted molar refractivity (Wildman–Crippen MR) is 95.6 cm³/mol. The summed E-state index contributed by atoms with van der Waals surface area (Å²) in [7, 11) is 0. The number of hydrogen-bond acceptors (Lipinski definition) is 2. The summed E-state index contributed by atoms with van der Waals surface area (Å²) in [4.78, 5) is 4.56. The number of rotatable bonds is 6. The van der Waals surface area contributed by atoms with Crippen LogP contribution in [0.2, 0.25) is 0 Å². The Labute approximate surface area is 143 Å². The summed E-state index contributed by atoms with van der Waals surface area (Å²) < 4.78 is 15.6. The van der Waals surface area contributed by atoms with E-state index in [1.165, 1.54) is 0 Å². The Morgan fingerprint density at radius 3 is 2.79 bits per heavy atom. The second-order valence-electron chi connectivity index (χ2n) is 5.92. The topological polar surface area (TPSA) is 54.2 Å². The van der Waals surface area contributed by atoms with E-state index in [1.807, 2.05) is 43.9 Å². The molecule has 24 heavy (non-hydrogen) atoms. The van der Waals surface area contributed by atoms with Crippen LogP contribution in [0.1, 0.15) is 36.6 Å². The third kappa shape index (κ3) is 5.08. The highest BCUT2D eigenvalue weighted by Crippen LogP contribution is 2.16. The van der Waals surface area contributed by atoms with Gasteiger partial charge in [0.15, 0.2) is 5.96 Å². The first-order valence-corrected chi connectivity index (χ1v) is 8.29. The maximum atomic E-state index is 13.7. The molecule has 130 valence electrons. The summed E-state index contributed by atoms with van der Waals surface area (Å²) in [6, 6.07) is 5.27. The molecule has 1 unspecified atom stereocenters. The van der Waals surface area contributed by atoms with Gasteiger partial charge in [0.2, 0.25) is 0 Å². The van der Waals surface area contributed by atoms with Gasteiger partial charge in [-0.1, -0.05) is 12.1 Å². The Bertz CT molecular complexity index is 692. The molecule has 0 aliphatic rings. The van der Waals surface area contributed by atoms with Gasteiger partial charge in [-0.3, -0.25) is 9.67 Å². The second-order valence-corrected chi connectivity index (χ2v) is 5.92. The lowest BCUT2D eigenvalue weighted by Gasteiger charge is -2.18. The lowest BCUT2D eigenvalue weighted by atomic mass is 10.1. The molecular weight excluding hydrogens is 305 g/mol. The fourth-order valence-electron chi connectivity index (χ4n) is 2.34. The molecule has 0 radical (unpaired) electrons. The van der Waals surface area contributed by atoms with Crippen molar-refractivity contribution >= 4 is 5.96 Å². The van der Waals surface area contributed by atoms with Crippen LogP contribution in [0.5, 0.6) is 0 Å². The lowest BCUT2D eigenvalue weighted by Crippen LogP contribution is -2.39. The first-order chi connectivity index (χ1) is 11.5. The number of guanidine groups is 1. The molecule has 0 bridgehead atoms. The summed E-state index contributed by atoms with van der Waals surface area (Å²) in [5, 5.41) is 10.8. The fourth-order valence-corrected chi connectivity index (χ4v) is 2.34. The molecule has 6 heteroatoms. The predicted octanol–water partition coefficient (Wildman–Crippen LogP) is 2.96. The van der Waals surface area contributed by atoms with Gasteiger partial charge in [0.25, 0.3) is 0 Å². The van der Waals surface area contributed by atoms with Crippen molar-refractivity contribution in [2.45, 2.75) is 40.3 Å². The smallest absolute Gasteiger partial charge is 0.191 e. The molecule has 0 saturated carbocycles. The minimum atomic E-state index is -0.183. The maximum Gasteiger partial charge on any atom is 0.191 e. The van der Waals surface area contributed by atoms with Crippen LogP contribution in [0.3, 0.4) is 0 Å². The van der Waals surface area contributed by atoms with Gasteiger partial charge in [0, 0.05) is 12.7 Å². The minimum Gasteiger partial charge on any atom is -0.357 e. The van der Waals surface area contributed by atoms with Gasteiger partial charge in [-0.25, -0.2) is 4.39 Å². The molecule has 0 spiro atoms. The van der Waals surface area contributed by atoms with Crippen molar-refractivity contribution in [1.82, 2.24) is 20.4 Å². The van der Waals surface area contributed by atoms with Gasteiger partial charge in [0.05, 0.1) is 25.3 Å².